The van der Waals surface area contributed by atoms with Crippen LogP contribution in [0.5, 0.6) is 0 Å². The summed E-state index contributed by atoms with van der Waals surface area (Å²) < 4.78 is 0. The van der Waals surface area contributed by atoms with Crippen LogP contribution in [0.1, 0.15) is 17.5 Å². The van der Waals surface area contributed by atoms with Gasteiger partial charge in [0.1, 0.15) is 0 Å². The van der Waals surface area contributed by atoms with E-state index >= 15 is 0 Å². The largest absolute Gasteiger partial charge is 0.303 e. The zero-order valence-electron chi connectivity index (χ0n) is 10.7. The molecule has 2 rings (SSSR count). The minimum absolute atomic E-state index is 0.0151. The first kappa shape index (κ1) is 14.7. The molecule has 7 heteroatoms. The van der Waals surface area contributed by atoms with Crippen LogP contribution in [0, 0.1) is 6.92 Å². The summed E-state index contributed by atoms with van der Waals surface area (Å²) in [7, 11) is 0. The third-order valence-corrected chi connectivity index (χ3v) is 3.78. The van der Waals surface area contributed by atoms with Gasteiger partial charge in [-0.3, -0.25) is 9.59 Å². The van der Waals surface area contributed by atoms with Crippen LogP contribution in [0.2, 0.25) is 0 Å². The highest BCUT2D eigenvalue weighted by Crippen LogP contribution is 2.23. The van der Waals surface area contributed by atoms with Gasteiger partial charge >= 0.3 is 0 Å². The fraction of sp³-hybridized carbons (Fsp3) is 0.231. The number of carbonyl (C=O) groups is 2. The molecule has 1 unspecified atom stereocenters. The second kappa shape index (κ2) is 6.67. The molecule has 104 valence electrons. The molecule has 1 aliphatic rings. The van der Waals surface area contributed by atoms with Gasteiger partial charge in [-0.2, -0.15) is 5.10 Å². The van der Waals surface area contributed by atoms with Crippen LogP contribution in [-0.4, -0.2) is 27.8 Å². The van der Waals surface area contributed by atoms with Crippen molar-refractivity contribution < 1.29 is 9.59 Å². The van der Waals surface area contributed by atoms with Gasteiger partial charge < -0.3 is 5.32 Å². The van der Waals surface area contributed by atoms with Crippen LogP contribution >= 0.6 is 23.4 Å². The quantitative estimate of drug-likeness (QED) is 0.526. The molecule has 5 nitrogen and oxygen atoms in total. The number of hydrogen-bond donors (Lipinski definition) is 1. The Morgan fingerprint density at radius 3 is 2.80 bits per heavy atom. The van der Waals surface area contributed by atoms with Crippen molar-refractivity contribution in [3.8, 4) is 0 Å². The predicted octanol–water partition coefficient (Wildman–Crippen LogP) is 2.07. The molecule has 0 spiro atoms. The first-order valence-corrected chi connectivity index (χ1v) is 7.14. The lowest BCUT2D eigenvalue weighted by Gasteiger charge is -1.97. The number of nitrogens with zero attached hydrogens (tertiary/aromatic N) is 2. The highest BCUT2D eigenvalue weighted by atomic mass is 35.5. The minimum Gasteiger partial charge on any atom is -0.303 e. The van der Waals surface area contributed by atoms with Crippen molar-refractivity contribution in [2.24, 2.45) is 10.2 Å². The summed E-state index contributed by atoms with van der Waals surface area (Å²) in [6.07, 6.45) is 1.58. The molecule has 0 aliphatic carbocycles. The first-order valence-electron chi connectivity index (χ1n) is 5.88. The SMILES string of the molecule is Cc1ccc(C=NN=C2NC(=O)C(CC(=O)Cl)S2)cc1. The number of nitrogens with one attached hydrogen (secondary N) is 1. The maximum Gasteiger partial charge on any atom is 0.240 e. The monoisotopic (exact) mass is 309 g/mol. The van der Waals surface area contributed by atoms with Crippen molar-refractivity contribution in [3.63, 3.8) is 0 Å². The van der Waals surface area contributed by atoms with Crippen LogP contribution in [-0.2, 0) is 9.59 Å². The Kier molecular flexibility index (Phi) is 4.92. The summed E-state index contributed by atoms with van der Waals surface area (Å²) in [6, 6.07) is 7.80. The highest BCUT2D eigenvalue weighted by molar-refractivity contribution is 8.15. The number of rotatable bonds is 4. The Morgan fingerprint density at radius 2 is 2.15 bits per heavy atom. The average molecular weight is 310 g/mol. The van der Waals surface area contributed by atoms with Crippen molar-refractivity contribution in [2.75, 3.05) is 0 Å². The van der Waals surface area contributed by atoms with Crippen molar-refractivity contribution in [1.29, 1.82) is 0 Å². The molecule has 1 saturated heterocycles. The van der Waals surface area contributed by atoms with Gasteiger partial charge in [-0.1, -0.05) is 41.6 Å². The first-order chi connectivity index (χ1) is 9.54. The molecular weight excluding hydrogens is 298 g/mol. The molecule has 0 bridgehead atoms. The number of thioether (sulfide) groups is 1. The van der Waals surface area contributed by atoms with Crippen LogP contribution < -0.4 is 5.32 Å². The second-order valence-electron chi connectivity index (χ2n) is 4.22. The second-order valence-corrected chi connectivity index (χ2v) is 5.83. The molecule has 1 aliphatic heterocycles. The molecule has 1 amide bonds. The summed E-state index contributed by atoms with van der Waals surface area (Å²) in [4.78, 5) is 22.3. The topological polar surface area (TPSA) is 70.9 Å². The van der Waals surface area contributed by atoms with E-state index in [1.54, 1.807) is 6.21 Å². The number of carbonyl (C=O) groups excluding carboxylic acids is 2. The lowest BCUT2D eigenvalue weighted by atomic mass is 10.2. The van der Waals surface area contributed by atoms with Gasteiger partial charge in [-0.05, 0) is 24.1 Å². The van der Waals surface area contributed by atoms with E-state index in [9.17, 15) is 9.59 Å². The molecular formula is C13H12ClN3O2S. The summed E-state index contributed by atoms with van der Waals surface area (Å²) >= 11 is 6.42. The fourth-order valence-electron chi connectivity index (χ4n) is 1.53. The smallest absolute Gasteiger partial charge is 0.240 e. The third-order valence-electron chi connectivity index (χ3n) is 2.56. The van der Waals surface area contributed by atoms with E-state index in [1.165, 1.54) is 5.56 Å². The molecule has 1 fully saturated rings. The van der Waals surface area contributed by atoms with Gasteiger partial charge in [-0.15, -0.1) is 5.10 Å². The van der Waals surface area contributed by atoms with Gasteiger partial charge in [0, 0.05) is 6.42 Å². The van der Waals surface area contributed by atoms with Gasteiger partial charge in [-0.25, -0.2) is 0 Å². The molecule has 1 aromatic carbocycles. The Morgan fingerprint density at radius 1 is 1.45 bits per heavy atom. The van der Waals surface area contributed by atoms with Gasteiger partial charge in [0.05, 0.1) is 11.5 Å². The Labute approximate surface area is 125 Å². The Hall–Kier alpha value is -1.66. The number of amides is 1. The summed E-state index contributed by atoms with van der Waals surface area (Å²) in [5.41, 5.74) is 2.09. The fourth-order valence-corrected chi connectivity index (χ4v) is 2.70. The minimum atomic E-state index is -0.540. The number of hydrogen-bond acceptors (Lipinski definition) is 5. The molecule has 1 atom stereocenters. The zero-order valence-corrected chi connectivity index (χ0v) is 12.2. The zero-order chi connectivity index (χ0) is 14.5. The molecule has 1 N–H and O–H groups in total. The third kappa shape index (κ3) is 4.18. The van der Waals surface area contributed by atoms with Gasteiger partial charge in [0.25, 0.3) is 0 Å². The molecule has 0 saturated carbocycles. The van der Waals surface area contributed by atoms with Gasteiger partial charge in [0.2, 0.25) is 11.1 Å². The Balaban J connectivity index is 1.97. The molecule has 1 heterocycles. The van der Waals surface area contributed by atoms with E-state index in [4.69, 9.17) is 11.6 Å². The Bertz CT molecular complexity index is 584. The number of halogens is 1. The van der Waals surface area contributed by atoms with E-state index < -0.39 is 10.5 Å². The number of benzene rings is 1. The summed E-state index contributed by atoms with van der Waals surface area (Å²) in [5, 5.41) is 9.69. The normalized spacial score (nSPS) is 20.6. The van der Waals surface area contributed by atoms with Crippen LogP contribution in [0.3, 0.4) is 0 Å². The predicted molar refractivity (Wildman–Crippen MR) is 81.2 cm³/mol. The van der Waals surface area contributed by atoms with E-state index in [2.05, 4.69) is 15.5 Å². The summed E-state index contributed by atoms with van der Waals surface area (Å²) in [6.45, 7) is 2.00. The molecule has 0 radical (unpaired) electrons. The average Bonchev–Trinajstić information content (AvgIpc) is 2.72. The highest BCUT2D eigenvalue weighted by Gasteiger charge is 2.31. The maximum absolute atomic E-state index is 11.5. The van der Waals surface area contributed by atoms with Crippen molar-refractivity contribution in [1.82, 2.24) is 5.32 Å². The standard InChI is InChI=1S/C13H12ClN3O2S/c1-8-2-4-9(5-3-8)7-15-17-13-16-12(19)10(20-13)6-11(14)18/h2-5,7,10H,6H2,1H3,(H,16,17,19). The van der Waals surface area contributed by atoms with Crippen LogP contribution in [0.15, 0.2) is 34.5 Å². The van der Waals surface area contributed by atoms with Crippen molar-refractivity contribution >= 4 is 45.9 Å². The van der Waals surface area contributed by atoms with Crippen molar-refractivity contribution in [2.45, 2.75) is 18.6 Å². The van der Waals surface area contributed by atoms with E-state index in [-0.39, 0.29) is 12.3 Å². The van der Waals surface area contributed by atoms with E-state index in [1.807, 2.05) is 31.2 Å². The van der Waals surface area contributed by atoms with Gasteiger partial charge in [0.15, 0.2) is 5.17 Å². The lowest BCUT2D eigenvalue weighted by molar-refractivity contribution is -0.121. The number of amidine groups is 1. The van der Waals surface area contributed by atoms with E-state index in [0.717, 1.165) is 17.3 Å². The molecule has 1 aromatic rings. The summed E-state index contributed by atoms with van der Waals surface area (Å²) in [5.74, 6) is -0.270. The number of aryl methyl sites for hydroxylation is 1. The maximum atomic E-state index is 11.5. The molecule has 20 heavy (non-hydrogen) atoms. The van der Waals surface area contributed by atoms with E-state index in [0.29, 0.717) is 5.17 Å². The van der Waals surface area contributed by atoms with Crippen LogP contribution in [0.4, 0.5) is 0 Å². The van der Waals surface area contributed by atoms with Crippen LogP contribution in [0.25, 0.3) is 0 Å². The lowest BCUT2D eigenvalue weighted by Crippen LogP contribution is -2.25. The van der Waals surface area contributed by atoms with Crippen molar-refractivity contribution in [3.05, 3.63) is 35.4 Å². The molecule has 0 aromatic heterocycles.